The molecular weight excluding hydrogens is 675 g/mol. The van der Waals surface area contributed by atoms with Crippen LogP contribution in [-0.4, -0.2) is 81.7 Å². The third kappa shape index (κ3) is 13.4. The van der Waals surface area contributed by atoms with Gasteiger partial charge in [0.2, 0.25) is 12.8 Å². The fraction of sp³-hybridized carbons (Fsp3) is 0.541. The third-order valence-electron chi connectivity index (χ3n) is 8.57. The second-order valence-corrected chi connectivity index (χ2v) is 14.3. The van der Waals surface area contributed by atoms with Crippen molar-refractivity contribution in [3.05, 3.63) is 58.5 Å². The second kappa shape index (κ2) is 21.2. The first-order chi connectivity index (χ1) is 24.5. The summed E-state index contributed by atoms with van der Waals surface area (Å²) < 4.78 is 28.7. The van der Waals surface area contributed by atoms with E-state index in [0.29, 0.717) is 47.6 Å². The number of methoxy groups -OCH3 is 1. The minimum absolute atomic E-state index is 0.0554. The number of allylic oxidation sites excluding steroid dienone is 1. The maximum atomic E-state index is 12.2. The van der Waals surface area contributed by atoms with E-state index in [-0.39, 0.29) is 22.7 Å². The molecule has 3 heterocycles. The highest BCUT2D eigenvalue weighted by Gasteiger charge is 2.29. The van der Waals surface area contributed by atoms with Crippen LogP contribution in [0.1, 0.15) is 83.0 Å². The number of amides is 3. The van der Waals surface area contributed by atoms with Crippen molar-refractivity contribution in [1.82, 2.24) is 25.1 Å². The van der Waals surface area contributed by atoms with Gasteiger partial charge in [0.05, 0.1) is 23.6 Å². The molecule has 1 aliphatic heterocycles. The molecule has 1 saturated heterocycles. The lowest BCUT2D eigenvalue weighted by molar-refractivity contribution is -0.143. The molecule has 280 valence electrons. The monoisotopic (exact) mass is 727 g/mol. The van der Waals surface area contributed by atoms with Crippen molar-refractivity contribution in [3.63, 3.8) is 0 Å². The number of nitrogens with one attached hydrogen (secondary N) is 3. The largest absolute Gasteiger partial charge is 0.496 e. The Kier molecular flexibility index (Phi) is 17.1. The van der Waals surface area contributed by atoms with E-state index in [1.165, 1.54) is 18.9 Å². The minimum atomic E-state index is -1.08. The molecule has 2 unspecified atom stereocenters. The van der Waals surface area contributed by atoms with Crippen LogP contribution >= 0.6 is 0 Å². The molecule has 6 rings (SSSR count). The molecule has 3 aromatic rings. The smallest absolute Gasteiger partial charge is 0.251 e. The number of nitrogens with zero attached hydrogens (tertiary/aromatic N) is 2. The third-order valence-corrected chi connectivity index (χ3v) is 9.97. The number of hydrogen-bond donors (Lipinski definition) is 3. The van der Waals surface area contributed by atoms with Crippen LogP contribution in [-0.2, 0) is 30.1 Å². The number of aryl methyl sites for hydroxylation is 2. The normalized spacial score (nSPS) is 17.3. The Labute approximate surface area is 302 Å². The Hall–Kier alpha value is -4.30. The number of aromatic amines is 1. The van der Waals surface area contributed by atoms with Crippen LogP contribution in [0.5, 0.6) is 5.75 Å². The van der Waals surface area contributed by atoms with E-state index >= 15 is 0 Å². The summed E-state index contributed by atoms with van der Waals surface area (Å²) in [6, 6.07) is 7.79. The van der Waals surface area contributed by atoms with Crippen molar-refractivity contribution in [3.8, 4) is 17.1 Å². The highest BCUT2D eigenvalue weighted by molar-refractivity contribution is 7.84. The van der Waals surface area contributed by atoms with E-state index in [4.69, 9.17) is 14.0 Å². The van der Waals surface area contributed by atoms with E-state index in [2.05, 4.69) is 33.7 Å². The van der Waals surface area contributed by atoms with Gasteiger partial charge in [-0.3, -0.25) is 23.9 Å². The molecule has 0 spiro atoms. The number of unbranched alkanes of at least 4 members (excludes halogenated alkanes) is 2. The molecule has 0 bridgehead atoms. The van der Waals surface area contributed by atoms with Crippen molar-refractivity contribution >= 4 is 40.6 Å². The van der Waals surface area contributed by atoms with E-state index < -0.39 is 11.0 Å². The predicted molar refractivity (Wildman–Crippen MR) is 199 cm³/mol. The summed E-state index contributed by atoms with van der Waals surface area (Å²) in [5.41, 5.74) is 2.84. The second-order valence-electron chi connectivity index (χ2n) is 12.8. The van der Waals surface area contributed by atoms with Gasteiger partial charge >= 0.3 is 0 Å². The number of aromatic nitrogens is 2. The zero-order chi connectivity index (χ0) is 37.3. The molecule has 3 fully saturated rings. The van der Waals surface area contributed by atoms with Crippen LogP contribution < -0.4 is 20.2 Å². The summed E-state index contributed by atoms with van der Waals surface area (Å²) in [5, 5.41) is 7.45. The topological polar surface area (TPSA) is 173 Å². The number of hydrogen-bond acceptors (Lipinski definition) is 9. The van der Waals surface area contributed by atoms with Gasteiger partial charge in [-0.15, -0.1) is 6.58 Å². The van der Waals surface area contributed by atoms with Gasteiger partial charge in [-0.25, -0.2) is 4.21 Å². The number of pyridine rings is 1. The fourth-order valence-corrected chi connectivity index (χ4v) is 6.13. The summed E-state index contributed by atoms with van der Waals surface area (Å²) >= 11 is 0. The van der Waals surface area contributed by atoms with Crippen molar-refractivity contribution in [2.24, 2.45) is 0 Å². The molecule has 3 amide bonds. The summed E-state index contributed by atoms with van der Waals surface area (Å²) in [7, 11) is 0.530. The molecule has 51 heavy (non-hydrogen) atoms. The highest BCUT2D eigenvalue weighted by Crippen LogP contribution is 2.26. The van der Waals surface area contributed by atoms with Gasteiger partial charge in [-0.05, 0) is 97.6 Å². The van der Waals surface area contributed by atoms with E-state index in [1.54, 1.807) is 25.3 Å². The number of fused-ring (bicyclic) bond motifs is 1. The molecular formula is C37H53N5O8S. The molecule has 3 aliphatic rings. The molecule has 2 aliphatic carbocycles. The number of ether oxygens (including phenoxy) is 2. The zero-order valence-electron chi connectivity index (χ0n) is 30.4. The fourth-order valence-electron chi connectivity index (χ4n) is 5.28. The van der Waals surface area contributed by atoms with Crippen molar-refractivity contribution in [2.75, 3.05) is 20.3 Å². The first-order valence-electron chi connectivity index (χ1n) is 17.5. The van der Waals surface area contributed by atoms with Crippen molar-refractivity contribution in [1.29, 1.82) is 0 Å². The summed E-state index contributed by atoms with van der Waals surface area (Å²) in [6.45, 7) is 12.9. The number of likely N-dealkylation sites (tertiary alicyclic amines) is 1. The lowest BCUT2D eigenvalue weighted by atomic mass is 10.1. The van der Waals surface area contributed by atoms with Gasteiger partial charge < -0.3 is 29.2 Å². The van der Waals surface area contributed by atoms with Gasteiger partial charge in [0.1, 0.15) is 34.3 Å². The summed E-state index contributed by atoms with van der Waals surface area (Å²) in [6.07, 6.45) is 12.6. The van der Waals surface area contributed by atoms with Gasteiger partial charge in [0.15, 0.2) is 5.43 Å². The minimum Gasteiger partial charge on any atom is -0.496 e. The number of benzene rings is 1. The Balaban J connectivity index is 0.000000203. The first-order valence-corrected chi connectivity index (χ1v) is 18.7. The SMILES string of the molecule is C=CCCCCO[C@H](C)C(=O)N1CCCC1C.COc1ccc2c(=O)cc(-c3cc(C)on3)[nH]c2c1C.O=CNC1CC1.O=CNS(=O)C1CC1. The molecule has 13 nitrogen and oxygen atoms in total. The van der Waals surface area contributed by atoms with Crippen LogP contribution in [0.4, 0.5) is 0 Å². The van der Waals surface area contributed by atoms with Crippen LogP contribution in [0.2, 0.25) is 0 Å². The van der Waals surface area contributed by atoms with Crippen molar-refractivity contribution in [2.45, 2.75) is 109 Å². The standard InChI is InChI=1S/C15H14N2O3.C14H25NO2.C4H7NO2S.C4H7NO/c1-8-6-12(17-20-8)11-7-13(18)10-4-5-14(19-3)9(2)15(10)16-11;1-4-5-6-7-11-17-13(3)14(16)15-10-8-9-12(15)2;6-3-5-8(7)4-1-2-4;6-3-5-4-1-2-4/h4-7H,1-3H3,(H,16,18);4,12-13H,1,5-11H2,2-3H3;3-4H,1-2H2,(H,5,6);3-4H,1-2H2,(H,5,6)/t;12?,13-;;/m.1../s1. The van der Waals surface area contributed by atoms with Crippen LogP contribution in [0.15, 0.2) is 46.2 Å². The van der Waals surface area contributed by atoms with Crippen LogP contribution in [0.3, 0.4) is 0 Å². The summed E-state index contributed by atoms with van der Waals surface area (Å²) in [5.74, 6) is 1.59. The van der Waals surface area contributed by atoms with E-state index in [1.807, 2.05) is 31.7 Å². The predicted octanol–water partition coefficient (Wildman–Crippen LogP) is 5.02. The van der Waals surface area contributed by atoms with E-state index in [9.17, 15) is 23.4 Å². The lowest BCUT2D eigenvalue weighted by Crippen LogP contribution is -2.41. The van der Waals surface area contributed by atoms with Crippen LogP contribution in [0.25, 0.3) is 22.3 Å². The zero-order valence-corrected chi connectivity index (χ0v) is 31.2. The first kappa shape index (κ1) is 41.1. The van der Waals surface area contributed by atoms with E-state index in [0.717, 1.165) is 74.7 Å². The maximum Gasteiger partial charge on any atom is 0.251 e. The van der Waals surface area contributed by atoms with Gasteiger partial charge in [0, 0.05) is 48.3 Å². The molecule has 3 atom stereocenters. The number of carbonyl (C=O) groups is 3. The summed E-state index contributed by atoms with van der Waals surface area (Å²) in [4.78, 5) is 48.7. The average Bonchev–Trinajstić information content (AvgIpc) is 4.05. The molecule has 1 aromatic carbocycles. The Bertz CT molecular complexity index is 1670. The highest BCUT2D eigenvalue weighted by atomic mass is 32.2. The van der Waals surface area contributed by atoms with Crippen molar-refractivity contribution < 1.29 is 32.6 Å². The molecule has 0 radical (unpaired) electrons. The number of rotatable bonds is 14. The Morgan fingerprint density at radius 1 is 1.16 bits per heavy atom. The quantitative estimate of drug-likeness (QED) is 0.117. The maximum absolute atomic E-state index is 12.2. The Morgan fingerprint density at radius 2 is 1.90 bits per heavy atom. The molecule has 2 aromatic heterocycles. The van der Waals surface area contributed by atoms with Gasteiger partial charge in [0.25, 0.3) is 5.91 Å². The van der Waals surface area contributed by atoms with Gasteiger partial charge in [-0.2, -0.15) is 0 Å². The molecule has 2 saturated carbocycles. The van der Waals surface area contributed by atoms with Crippen LogP contribution in [0, 0.1) is 13.8 Å². The Morgan fingerprint density at radius 3 is 2.43 bits per heavy atom. The molecule has 14 heteroatoms. The molecule has 3 N–H and O–H groups in total. The average molecular weight is 728 g/mol. The lowest BCUT2D eigenvalue weighted by Gasteiger charge is -2.25. The number of H-pyrrole nitrogens is 1. The van der Waals surface area contributed by atoms with Gasteiger partial charge in [-0.1, -0.05) is 11.2 Å². The number of carbonyl (C=O) groups excluding carboxylic acids is 3.